The summed E-state index contributed by atoms with van der Waals surface area (Å²) in [6, 6.07) is 1.38. The van der Waals surface area contributed by atoms with Gasteiger partial charge in [-0.1, -0.05) is 6.07 Å². The van der Waals surface area contributed by atoms with Gasteiger partial charge in [-0.2, -0.15) is 13.2 Å². The van der Waals surface area contributed by atoms with Crippen LogP contribution in [0.15, 0.2) is 18.2 Å². The molecular formula is C9H9F3N2O3S. The van der Waals surface area contributed by atoms with Crippen LogP contribution in [-0.2, 0) is 23.0 Å². The predicted octanol–water partition coefficient (Wildman–Crippen LogP) is 1.92. The normalized spacial score (nSPS) is 13.1. The van der Waals surface area contributed by atoms with Gasteiger partial charge >= 0.3 is 12.2 Å². The first-order valence-electron chi connectivity index (χ1n) is 4.54. The Morgan fingerprint density at radius 1 is 1.44 bits per heavy atom. The minimum Gasteiger partial charge on any atom is -0.351 e. The summed E-state index contributed by atoms with van der Waals surface area (Å²) < 4.78 is 56.7. The molecule has 2 amide bonds. The fourth-order valence-corrected chi connectivity index (χ4v) is 1.78. The first-order chi connectivity index (χ1) is 8.20. The van der Waals surface area contributed by atoms with Crippen LogP contribution in [0, 0.1) is 0 Å². The number of rotatable bonds is 3. The lowest BCUT2D eigenvalue weighted by molar-refractivity contribution is -0.137. The van der Waals surface area contributed by atoms with Crippen molar-refractivity contribution in [1.29, 1.82) is 0 Å². The number of hydrogen-bond acceptors (Lipinski definition) is 2. The Bertz CT molecular complexity index is 490. The van der Waals surface area contributed by atoms with E-state index in [1.54, 1.807) is 0 Å². The minimum absolute atomic E-state index is 0.0858. The van der Waals surface area contributed by atoms with Crippen LogP contribution < -0.4 is 11.1 Å². The van der Waals surface area contributed by atoms with Gasteiger partial charge in [0, 0.05) is 5.69 Å². The molecule has 5 nitrogen and oxygen atoms in total. The van der Waals surface area contributed by atoms with Crippen LogP contribution >= 0.6 is 0 Å². The number of carbonyl (C=O) groups excluding carboxylic acids is 1. The maximum atomic E-state index is 12.4. The van der Waals surface area contributed by atoms with E-state index in [0.29, 0.717) is 6.07 Å². The molecule has 0 spiro atoms. The average molecular weight is 282 g/mol. The number of alkyl halides is 3. The molecule has 4 N–H and O–H groups in total. The van der Waals surface area contributed by atoms with E-state index in [9.17, 15) is 22.2 Å². The molecule has 1 rings (SSSR count). The zero-order valence-electron chi connectivity index (χ0n) is 8.82. The zero-order valence-corrected chi connectivity index (χ0v) is 9.64. The van der Waals surface area contributed by atoms with Gasteiger partial charge in [0.05, 0.1) is 11.3 Å². The number of hydrogen-bond donors (Lipinski definition) is 3. The van der Waals surface area contributed by atoms with Crippen molar-refractivity contribution in [2.75, 3.05) is 5.32 Å². The summed E-state index contributed by atoms with van der Waals surface area (Å²) in [7, 11) is 0. The van der Waals surface area contributed by atoms with E-state index in [1.807, 2.05) is 5.32 Å². The van der Waals surface area contributed by atoms with Crippen LogP contribution in [0.25, 0.3) is 0 Å². The number of carbonyl (C=O) groups is 1. The number of nitrogens with one attached hydrogen (secondary N) is 1. The molecular weight excluding hydrogens is 273 g/mol. The second kappa shape index (κ2) is 5.36. The molecule has 1 aromatic rings. The maximum absolute atomic E-state index is 12.4. The first-order valence-corrected chi connectivity index (χ1v) is 5.82. The Morgan fingerprint density at radius 3 is 2.50 bits per heavy atom. The highest BCUT2D eigenvalue weighted by Crippen LogP contribution is 2.32. The van der Waals surface area contributed by atoms with Crippen LogP contribution in [-0.4, -0.2) is 14.8 Å². The highest BCUT2D eigenvalue weighted by molar-refractivity contribution is 7.78. The van der Waals surface area contributed by atoms with Crippen molar-refractivity contribution in [3.63, 3.8) is 0 Å². The molecule has 0 aliphatic carbocycles. The van der Waals surface area contributed by atoms with E-state index >= 15 is 0 Å². The fraction of sp³-hybridized carbons (Fsp3) is 0.222. The Hall–Kier alpha value is -1.61. The van der Waals surface area contributed by atoms with Gasteiger partial charge in [-0.05, 0) is 17.7 Å². The van der Waals surface area contributed by atoms with Gasteiger partial charge in [0.25, 0.3) is 0 Å². The Morgan fingerprint density at radius 2 is 2.06 bits per heavy atom. The summed E-state index contributed by atoms with van der Waals surface area (Å²) in [6.45, 7) is 0. The first kappa shape index (κ1) is 14.5. The highest BCUT2D eigenvalue weighted by Gasteiger charge is 2.31. The van der Waals surface area contributed by atoms with Crippen LogP contribution in [0.2, 0.25) is 0 Å². The summed E-state index contributed by atoms with van der Waals surface area (Å²) in [6.07, 6.45) is -4.58. The number of benzene rings is 1. The van der Waals surface area contributed by atoms with Crippen molar-refractivity contribution in [3.8, 4) is 0 Å². The molecule has 9 heteroatoms. The second-order valence-corrected chi connectivity index (χ2v) is 4.26. The molecule has 1 atom stereocenters. The Balaban J connectivity index is 3.20. The number of primary amides is 1. The molecule has 1 aromatic carbocycles. The van der Waals surface area contributed by atoms with Gasteiger partial charge in [0.2, 0.25) is 0 Å². The molecule has 100 valence electrons. The lowest BCUT2D eigenvalue weighted by atomic mass is 10.1. The third-order valence-electron chi connectivity index (χ3n) is 1.97. The van der Waals surface area contributed by atoms with E-state index in [0.717, 1.165) is 12.1 Å². The molecule has 0 heterocycles. The monoisotopic (exact) mass is 282 g/mol. The third kappa shape index (κ3) is 4.00. The summed E-state index contributed by atoms with van der Waals surface area (Å²) >= 11 is -2.24. The molecule has 1 unspecified atom stereocenters. The van der Waals surface area contributed by atoms with E-state index < -0.39 is 34.6 Å². The molecule has 0 aliphatic heterocycles. The van der Waals surface area contributed by atoms with Crippen LogP contribution in [0.1, 0.15) is 11.1 Å². The summed E-state index contributed by atoms with van der Waals surface area (Å²) in [4.78, 5) is 10.7. The highest BCUT2D eigenvalue weighted by atomic mass is 32.2. The number of amides is 2. The zero-order chi connectivity index (χ0) is 13.9. The second-order valence-electron chi connectivity index (χ2n) is 3.32. The molecule has 18 heavy (non-hydrogen) atoms. The van der Waals surface area contributed by atoms with Gasteiger partial charge < -0.3 is 15.6 Å². The largest absolute Gasteiger partial charge is 0.416 e. The molecule has 0 saturated carbocycles. The lowest BCUT2D eigenvalue weighted by Gasteiger charge is -2.12. The lowest BCUT2D eigenvalue weighted by Crippen LogP contribution is -2.21. The van der Waals surface area contributed by atoms with E-state index in [1.165, 1.54) is 0 Å². The van der Waals surface area contributed by atoms with Crippen LogP contribution in [0.3, 0.4) is 0 Å². The Kier molecular flexibility index (Phi) is 4.30. The number of anilines is 1. The summed E-state index contributed by atoms with van der Waals surface area (Å²) in [5, 5.41) is 1.98. The van der Waals surface area contributed by atoms with E-state index in [-0.39, 0.29) is 11.3 Å². The van der Waals surface area contributed by atoms with Crippen LogP contribution in [0.4, 0.5) is 23.7 Å². The maximum Gasteiger partial charge on any atom is 0.416 e. The van der Waals surface area contributed by atoms with Crippen molar-refractivity contribution in [2.45, 2.75) is 11.9 Å². The Labute approximate surface area is 102 Å². The molecule has 0 aliphatic rings. The molecule has 0 bridgehead atoms. The molecule has 0 aromatic heterocycles. The number of halogens is 3. The standard InChI is InChI=1S/C9H9F3N2O3S/c10-9(11,12)6-2-1-5(4-18(16)17)7(3-6)14-8(13)15/h1-3H,4H2,(H,16,17)(H3,13,14,15). The van der Waals surface area contributed by atoms with Gasteiger partial charge in [-0.15, -0.1) is 0 Å². The van der Waals surface area contributed by atoms with Gasteiger partial charge in [0.15, 0.2) is 11.1 Å². The number of urea groups is 1. The van der Waals surface area contributed by atoms with Gasteiger partial charge in [-0.25, -0.2) is 9.00 Å². The number of nitrogens with two attached hydrogens (primary N) is 1. The van der Waals surface area contributed by atoms with Gasteiger partial charge in [0.1, 0.15) is 0 Å². The smallest absolute Gasteiger partial charge is 0.351 e. The molecule has 0 radical (unpaired) electrons. The topological polar surface area (TPSA) is 92.4 Å². The summed E-state index contributed by atoms with van der Waals surface area (Å²) in [5.41, 5.74) is 3.68. The van der Waals surface area contributed by atoms with Crippen molar-refractivity contribution in [1.82, 2.24) is 0 Å². The predicted molar refractivity (Wildman–Crippen MR) is 59.1 cm³/mol. The van der Waals surface area contributed by atoms with Crippen molar-refractivity contribution >= 4 is 22.8 Å². The van der Waals surface area contributed by atoms with Crippen molar-refractivity contribution in [3.05, 3.63) is 29.3 Å². The van der Waals surface area contributed by atoms with E-state index in [2.05, 4.69) is 0 Å². The van der Waals surface area contributed by atoms with Crippen molar-refractivity contribution in [2.24, 2.45) is 5.73 Å². The third-order valence-corrected chi connectivity index (χ3v) is 2.53. The van der Waals surface area contributed by atoms with E-state index in [4.69, 9.17) is 10.3 Å². The molecule has 0 saturated heterocycles. The van der Waals surface area contributed by atoms with Crippen LogP contribution in [0.5, 0.6) is 0 Å². The molecule has 0 fully saturated rings. The van der Waals surface area contributed by atoms with Gasteiger partial charge in [-0.3, -0.25) is 0 Å². The SMILES string of the molecule is NC(=O)Nc1cc(C(F)(F)F)ccc1CS(=O)O. The minimum atomic E-state index is -4.58. The summed E-state index contributed by atoms with van der Waals surface area (Å²) in [5.74, 6) is -0.409. The van der Waals surface area contributed by atoms with Crippen molar-refractivity contribution < 1.29 is 26.7 Å². The quantitative estimate of drug-likeness (QED) is 0.739. The average Bonchev–Trinajstić information content (AvgIpc) is 2.17. The fourth-order valence-electron chi connectivity index (χ4n) is 1.26.